The smallest absolute Gasteiger partial charge is 0.338 e. The van der Waals surface area contributed by atoms with Gasteiger partial charge in [0.25, 0.3) is 0 Å². The first-order chi connectivity index (χ1) is 7.63. The Balaban J connectivity index is 3.41. The number of benzene rings is 1. The molecule has 0 atom stereocenters. The zero-order valence-electron chi connectivity index (χ0n) is 8.93. The number of carboxylic acids is 1. The molecule has 0 fully saturated rings. The highest BCUT2D eigenvalue weighted by atomic mass is 16.5. The number of aliphatic imine (C=N–C) groups is 1. The lowest BCUT2D eigenvalue weighted by Gasteiger charge is -2.10. The number of rotatable bonds is 4. The number of hydrogen-bond donors (Lipinski definition) is 2. The third-order valence-corrected chi connectivity index (χ3v) is 1.95. The molecule has 0 spiro atoms. The zero-order valence-corrected chi connectivity index (χ0v) is 8.93. The Bertz CT molecular complexity index is 429. The van der Waals surface area contributed by atoms with Gasteiger partial charge in [-0.3, -0.25) is 0 Å². The second kappa shape index (κ2) is 5.01. The molecular formula is C10H12N2O4. The molecule has 0 aliphatic rings. The minimum absolute atomic E-state index is 0.000602. The number of hydrogen-bond acceptors (Lipinski definition) is 4. The van der Waals surface area contributed by atoms with Gasteiger partial charge in [0.15, 0.2) is 11.5 Å². The van der Waals surface area contributed by atoms with Gasteiger partial charge < -0.3 is 20.3 Å². The van der Waals surface area contributed by atoms with E-state index in [1.165, 1.54) is 26.4 Å². The average molecular weight is 224 g/mol. The predicted octanol–water partition coefficient (Wildman–Crippen LogP) is 1.02. The molecule has 0 bridgehead atoms. The molecule has 1 aromatic carbocycles. The lowest BCUT2D eigenvalue weighted by molar-refractivity contribution is 0.0697. The molecule has 6 heteroatoms. The molecule has 0 heterocycles. The van der Waals surface area contributed by atoms with E-state index in [1.54, 1.807) is 0 Å². The maximum Gasteiger partial charge on any atom is 0.338 e. The minimum atomic E-state index is -1.11. The molecule has 0 unspecified atom stereocenters. The van der Waals surface area contributed by atoms with E-state index in [9.17, 15) is 4.79 Å². The van der Waals surface area contributed by atoms with Gasteiger partial charge in [-0.05, 0) is 0 Å². The van der Waals surface area contributed by atoms with Crippen LogP contribution in [0.15, 0.2) is 17.1 Å². The number of aromatic carboxylic acids is 1. The van der Waals surface area contributed by atoms with Crippen LogP contribution in [0.1, 0.15) is 10.4 Å². The summed E-state index contributed by atoms with van der Waals surface area (Å²) in [5.74, 6) is -0.384. The van der Waals surface area contributed by atoms with E-state index in [0.717, 1.165) is 6.34 Å². The van der Waals surface area contributed by atoms with Crippen LogP contribution in [0.2, 0.25) is 0 Å². The maximum absolute atomic E-state index is 11.0. The second-order valence-electron chi connectivity index (χ2n) is 2.81. The van der Waals surface area contributed by atoms with Gasteiger partial charge in [0.2, 0.25) is 0 Å². The molecule has 0 radical (unpaired) electrons. The molecule has 1 rings (SSSR count). The van der Waals surface area contributed by atoms with Gasteiger partial charge in [-0.1, -0.05) is 0 Å². The van der Waals surface area contributed by atoms with Crippen molar-refractivity contribution in [1.82, 2.24) is 0 Å². The van der Waals surface area contributed by atoms with Gasteiger partial charge in [0.1, 0.15) is 0 Å². The van der Waals surface area contributed by atoms with E-state index in [0.29, 0.717) is 11.5 Å². The van der Waals surface area contributed by atoms with E-state index in [-0.39, 0.29) is 11.3 Å². The summed E-state index contributed by atoms with van der Waals surface area (Å²) in [5.41, 5.74) is 5.35. The summed E-state index contributed by atoms with van der Waals surface area (Å²) in [6.45, 7) is 0. The standard InChI is InChI=1S/C10H12N2O4/c1-15-8-3-6(10(13)14)7(12-5-11)4-9(8)16-2/h3-5H,1-2H3,(H2,11,12)(H,13,14). The normalized spacial score (nSPS) is 10.4. The van der Waals surface area contributed by atoms with Crippen molar-refractivity contribution >= 4 is 18.0 Å². The Labute approximate surface area is 92.3 Å². The number of nitrogens with two attached hydrogens (primary N) is 1. The lowest BCUT2D eigenvalue weighted by atomic mass is 10.1. The molecule has 0 aliphatic heterocycles. The van der Waals surface area contributed by atoms with Crippen LogP contribution in [0.4, 0.5) is 5.69 Å². The fraction of sp³-hybridized carbons (Fsp3) is 0.200. The molecule has 16 heavy (non-hydrogen) atoms. The Morgan fingerprint density at radius 3 is 2.38 bits per heavy atom. The summed E-state index contributed by atoms with van der Waals surface area (Å²) >= 11 is 0. The van der Waals surface area contributed by atoms with Gasteiger partial charge in [0, 0.05) is 12.1 Å². The molecule has 86 valence electrons. The molecule has 0 amide bonds. The first kappa shape index (κ1) is 11.8. The van der Waals surface area contributed by atoms with Crippen molar-refractivity contribution < 1.29 is 19.4 Å². The third kappa shape index (κ3) is 2.22. The van der Waals surface area contributed by atoms with Crippen LogP contribution in [0.25, 0.3) is 0 Å². The summed E-state index contributed by atoms with van der Waals surface area (Å²) in [6, 6.07) is 2.79. The van der Waals surface area contributed by atoms with Crippen molar-refractivity contribution in [2.24, 2.45) is 10.7 Å². The van der Waals surface area contributed by atoms with Crippen LogP contribution in [0.5, 0.6) is 11.5 Å². The molecule has 6 nitrogen and oxygen atoms in total. The van der Waals surface area contributed by atoms with E-state index in [4.69, 9.17) is 20.3 Å². The van der Waals surface area contributed by atoms with Crippen LogP contribution in [0, 0.1) is 0 Å². The molecule has 0 aromatic heterocycles. The van der Waals surface area contributed by atoms with Crippen molar-refractivity contribution in [3.05, 3.63) is 17.7 Å². The molecular weight excluding hydrogens is 212 g/mol. The van der Waals surface area contributed by atoms with Gasteiger partial charge in [-0.15, -0.1) is 0 Å². The monoisotopic (exact) mass is 224 g/mol. The Morgan fingerprint density at radius 1 is 1.38 bits per heavy atom. The van der Waals surface area contributed by atoms with Crippen molar-refractivity contribution in [3.63, 3.8) is 0 Å². The number of nitrogens with zero attached hydrogens (tertiary/aromatic N) is 1. The zero-order chi connectivity index (χ0) is 12.1. The topological polar surface area (TPSA) is 94.1 Å². The van der Waals surface area contributed by atoms with Crippen LogP contribution in [-0.4, -0.2) is 31.6 Å². The summed E-state index contributed by atoms with van der Waals surface area (Å²) < 4.78 is 10.0. The predicted molar refractivity (Wildman–Crippen MR) is 58.8 cm³/mol. The van der Waals surface area contributed by atoms with Crippen LogP contribution in [-0.2, 0) is 0 Å². The number of ether oxygens (including phenoxy) is 2. The van der Waals surface area contributed by atoms with Crippen LogP contribution >= 0.6 is 0 Å². The summed E-state index contributed by atoms with van der Waals surface area (Å²) in [5, 5.41) is 8.96. The number of methoxy groups -OCH3 is 2. The highest BCUT2D eigenvalue weighted by Gasteiger charge is 2.15. The summed E-state index contributed by atoms with van der Waals surface area (Å²) in [6.07, 6.45) is 1.02. The summed E-state index contributed by atoms with van der Waals surface area (Å²) in [4.78, 5) is 14.7. The van der Waals surface area contributed by atoms with Gasteiger partial charge in [0.05, 0.1) is 31.8 Å². The fourth-order valence-electron chi connectivity index (χ4n) is 1.23. The van der Waals surface area contributed by atoms with Crippen molar-refractivity contribution in [3.8, 4) is 11.5 Å². The molecule has 0 aliphatic carbocycles. The highest BCUT2D eigenvalue weighted by molar-refractivity contribution is 5.95. The highest BCUT2D eigenvalue weighted by Crippen LogP contribution is 2.34. The molecule has 0 saturated heterocycles. The van der Waals surface area contributed by atoms with Crippen LogP contribution in [0.3, 0.4) is 0 Å². The Morgan fingerprint density at radius 2 is 1.94 bits per heavy atom. The van der Waals surface area contributed by atoms with Crippen molar-refractivity contribution in [2.75, 3.05) is 14.2 Å². The quantitative estimate of drug-likeness (QED) is 0.588. The van der Waals surface area contributed by atoms with E-state index >= 15 is 0 Å². The number of carbonyl (C=O) groups is 1. The van der Waals surface area contributed by atoms with E-state index in [1.807, 2.05) is 0 Å². The average Bonchev–Trinajstić information content (AvgIpc) is 2.28. The van der Waals surface area contributed by atoms with Gasteiger partial charge in [-0.2, -0.15) is 0 Å². The molecule has 1 aromatic rings. The minimum Gasteiger partial charge on any atom is -0.493 e. The van der Waals surface area contributed by atoms with Crippen LogP contribution < -0.4 is 15.2 Å². The Hall–Kier alpha value is -2.24. The first-order valence-electron chi connectivity index (χ1n) is 4.37. The number of carboxylic acid groups (broad SMARTS) is 1. The maximum atomic E-state index is 11.0. The van der Waals surface area contributed by atoms with Crippen molar-refractivity contribution in [2.45, 2.75) is 0 Å². The van der Waals surface area contributed by atoms with E-state index < -0.39 is 5.97 Å². The summed E-state index contributed by atoms with van der Waals surface area (Å²) in [7, 11) is 2.88. The first-order valence-corrected chi connectivity index (χ1v) is 4.37. The van der Waals surface area contributed by atoms with Crippen molar-refractivity contribution in [1.29, 1.82) is 0 Å². The lowest BCUT2D eigenvalue weighted by Crippen LogP contribution is -2.00. The second-order valence-corrected chi connectivity index (χ2v) is 2.81. The SMILES string of the molecule is COc1cc(N=CN)c(C(=O)O)cc1OC. The third-order valence-electron chi connectivity index (χ3n) is 1.95. The molecule has 0 saturated carbocycles. The largest absolute Gasteiger partial charge is 0.493 e. The van der Waals surface area contributed by atoms with Gasteiger partial charge in [-0.25, -0.2) is 9.79 Å². The van der Waals surface area contributed by atoms with Gasteiger partial charge >= 0.3 is 5.97 Å². The fourth-order valence-corrected chi connectivity index (χ4v) is 1.23. The van der Waals surface area contributed by atoms with E-state index in [2.05, 4.69) is 4.99 Å². The Kier molecular flexibility index (Phi) is 3.71. The molecule has 3 N–H and O–H groups in total.